The normalized spacial score (nSPS) is 13.9. The van der Waals surface area contributed by atoms with Crippen molar-refractivity contribution in [2.24, 2.45) is 0 Å². The number of rotatable bonds is 8. The Labute approximate surface area is 92.0 Å². The second-order valence-corrected chi connectivity index (χ2v) is 4.41. The van der Waals surface area contributed by atoms with Gasteiger partial charge in [-0.2, -0.15) is 0 Å². The topological polar surface area (TPSA) is 58.6 Å². The number of aliphatic carboxylic acids is 1. The first-order valence-electron chi connectivity index (χ1n) is 5.46. The van der Waals surface area contributed by atoms with Gasteiger partial charge in [-0.25, -0.2) is 0 Å². The zero-order valence-corrected chi connectivity index (χ0v) is 10.2. The molecule has 4 heteroatoms. The Morgan fingerprint density at radius 2 is 2.13 bits per heavy atom. The maximum Gasteiger partial charge on any atom is 0.303 e. The zero-order chi connectivity index (χ0) is 11.9. The number of carboxylic acids is 1. The number of hydrogen-bond donors (Lipinski definition) is 2. The monoisotopic (exact) mass is 217 g/mol. The molecule has 2 N–H and O–H groups in total. The summed E-state index contributed by atoms with van der Waals surface area (Å²) in [6.45, 7) is 9.43. The SMILES string of the molecule is CCOC(C)(C)CNC(C)CCC(=O)O. The molecule has 4 nitrogen and oxygen atoms in total. The van der Waals surface area contributed by atoms with E-state index in [9.17, 15) is 4.79 Å². The van der Waals surface area contributed by atoms with E-state index in [1.807, 2.05) is 27.7 Å². The minimum Gasteiger partial charge on any atom is -0.481 e. The van der Waals surface area contributed by atoms with Crippen molar-refractivity contribution in [3.05, 3.63) is 0 Å². The lowest BCUT2D eigenvalue weighted by Gasteiger charge is -2.27. The van der Waals surface area contributed by atoms with E-state index in [0.717, 1.165) is 6.54 Å². The fourth-order valence-electron chi connectivity index (χ4n) is 1.30. The summed E-state index contributed by atoms with van der Waals surface area (Å²) in [6, 6.07) is 0.209. The van der Waals surface area contributed by atoms with E-state index in [0.29, 0.717) is 13.0 Å². The van der Waals surface area contributed by atoms with E-state index in [1.54, 1.807) is 0 Å². The lowest BCUT2D eigenvalue weighted by atomic mass is 10.1. The first-order valence-corrected chi connectivity index (χ1v) is 5.46. The summed E-state index contributed by atoms with van der Waals surface area (Å²) in [5.41, 5.74) is -0.188. The van der Waals surface area contributed by atoms with Gasteiger partial charge in [0.1, 0.15) is 0 Å². The van der Waals surface area contributed by atoms with Gasteiger partial charge < -0.3 is 15.2 Å². The third-order valence-corrected chi connectivity index (χ3v) is 2.20. The van der Waals surface area contributed by atoms with Gasteiger partial charge in [0, 0.05) is 25.6 Å². The van der Waals surface area contributed by atoms with E-state index in [4.69, 9.17) is 9.84 Å². The van der Waals surface area contributed by atoms with Gasteiger partial charge in [0.25, 0.3) is 0 Å². The molecule has 0 aliphatic rings. The average Bonchev–Trinajstić information content (AvgIpc) is 2.11. The second-order valence-electron chi connectivity index (χ2n) is 4.41. The molecule has 1 atom stereocenters. The number of carbonyl (C=O) groups is 1. The van der Waals surface area contributed by atoms with E-state index >= 15 is 0 Å². The molecule has 15 heavy (non-hydrogen) atoms. The third kappa shape index (κ3) is 8.39. The van der Waals surface area contributed by atoms with Gasteiger partial charge in [-0.15, -0.1) is 0 Å². The van der Waals surface area contributed by atoms with E-state index in [1.165, 1.54) is 0 Å². The molecule has 0 aliphatic carbocycles. The number of ether oxygens (including phenoxy) is 1. The summed E-state index contributed by atoms with van der Waals surface area (Å²) in [5, 5.41) is 11.8. The predicted molar refractivity (Wildman–Crippen MR) is 60.0 cm³/mol. The lowest BCUT2D eigenvalue weighted by molar-refractivity contribution is -0.137. The highest BCUT2D eigenvalue weighted by atomic mass is 16.5. The van der Waals surface area contributed by atoms with Crippen molar-refractivity contribution in [3.63, 3.8) is 0 Å². The van der Waals surface area contributed by atoms with Gasteiger partial charge in [-0.3, -0.25) is 4.79 Å². The molecule has 0 aromatic rings. The van der Waals surface area contributed by atoms with Gasteiger partial charge in [-0.1, -0.05) is 0 Å². The highest BCUT2D eigenvalue weighted by molar-refractivity contribution is 5.66. The third-order valence-electron chi connectivity index (χ3n) is 2.20. The maximum absolute atomic E-state index is 10.4. The first-order chi connectivity index (χ1) is 6.87. The van der Waals surface area contributed by atoms with Crippen LogP contribution in [0.15, 0.2) is 0 Å². The molecular weight excluding hydrogens is 194 g/mol. The zero-order valence-electron chi connectivity index (χ0n) is 10.2. The molecule has 0 aromatic heterocycles. The van der Waals surface area contributed by atoms with Crippen LogP contribution in [-0.2, 0) is 9.53 Å². The van der Waals surface area contributed by atoms with Crippen molar-refractivity contribution < 1.29 is 14.6 Å². The van der Waals surface area contributed by atoms with Crippen LogP contribution in [0.5, 0.6) is 0 Å². The van der Waals surface area contributed by atoms with Crippen molar-refractivity contribution in [2.75, 3.05) is 13.2 Å². The molecule has 0 saturated carbocycles. The molecule has 0 heterocycles. The number of carboxylic acid groups (broad SMARTS) is 1. The Morgan fingerprint density at radius 3 is 2.60 bits per heavy atom. The van der Waals surface area contributed by atoms with Crippen LogP contribution >= 0.6 is 0 Å². The van der Waals surface area contributed by atoms with Gasteiger partial charge in [0.15, 0.2) is 0 Å². The van der Waals surface area contributed by atoms with Crippen LogP contribution in [0.3, 0.4) is 0 Å². The predicted octanol–water partition coefficient (Wildman–Crippen LogP) is 1.64. The number of hydrogen-bond acceptors (Lipinski definition) is 3. The highest BCUT2D eigenvalue weighted by Crippen LogP contribution is 2.08. The van der Waals surface area contributed by atoms with E-state index in [-0.39, 0.29) is 18.1 Å². The molecule has 0 amide bonds. The molecule has 0 bridgehead atoms. The van der Waals surface area contributed by atoms with Crippen LogP contribution in [-0.4, -0.2) is 35.9 Å². The highest BCUT2D eigenvalue weighted by Gasteiger charge is 2.18. The molecule has 0 aliphatic heterocycles. The molecule has 90 valence electrons. The maximum atomic E-state index is 10.4. The largest absolute Gasteiger partial charge is 0.481 e. The summed E-state index contributed by atoms with van der Waals surface area (Å²) in [6.07, 6.45) is 0.862. The molecule has 0 rings (SSSR count). The molecule has 0 saturated heterocycles. The van der Waals surface area contributed by atoms with Gasteiger partial charge in [0.05, 0.1) is 5.60 Å². The van der Waals surface area contributed by atoms with Crippen molar-refractivity contribution in [2.45, 2.75) is 52.2 Å². The van der Waals surface area contributed by atoms with Crippen LogP contribution in [0, 0.1) is 0 Å². The molecule has 0 radical (unpaired) electrons. The van der Waals surface area contributed by atoms with Crippen molar-refractivity contribution in [1.82, 2.24) is 5.32 Å². The van der Waals surface area contributed by atoms with Crippen LogP contribution < -0.4 is 5.32 Å². The smallest absolute Gasteiger partial charge is 0.303 e. The van der Waals surface area contributed by atoms with Crippen LogP contribution in [0.4, 0.5) is 0 Å². The summed E-state index contributed by atoms with van der Waals surface area (Å²) < 4.78 is 5.53. The minimum atomic E-state index is -0.743. The van der Waals surface area contributed by atoms with Gasteiger partial charge in [0.2, 0.25) is 0 Å². The lowest BCUT2D eigenvalue weighted by Crippen LogP contribution is -2.41. The van der Waals surface area contributed by atoms with Gasteiger partial charge >= 0.3 is 5.97 Å². The summed E-state index contributed by atoms with van der Waals surface area (Å²) in [5.74, 6) is -0.743. The molecular formula is C11H23NO3. The standard InChI is InChI=1S/C11H23NO3/c1-5-15-11(3,4)8-12-9(2)6-7-10(13)14/h9,12H,5-8H2,1-4H3,(H,13,14). The summed E-state index contributed by atoms with van der Waals surface area (Å²) in [7, 11) is 0. The molecule has 0 aromatic carbocycles. The Kier molecular flexibility index (Phi) is 6.52. The average molecular weight is 217 g/mol. The molecule has 0 fully saturated rings. The van der Waals surface area contributed by atoms with Crippen LogP contribution in [0.25, 0.3) is 0 Å². The van der Waals surface area contributed by atoms with E-state index < -0.39 is 5.97 Å². The second kappa shape index (κ2) is 6.80. The fraction of sp³-hybridized carbons (Fsp3) is 0.909. The first kappa shape index (κ1) is 14.4. The summed E-state index contributed by atoms with van der Waals surface area (Å²) >= 11 is 0. The van der Waals surface area contributed by atoms with Crippen molar-refractivity contribution >= 4 is 5.97 Å². The Morgan fingerprint density at radius 1 is 1.53 bits per heavy atom. The minimum absolute atomic E-state index is 0.188. The van der Waals surface area contributed by atoms with Gasteiger partial charge in [-0.05, 0) is 34.1 Å². The quantitative estimate of drug-likeness (QED) is 0.649. The van der Waals surface area contributed by atoms with Crippen molar-refractivity contribution in [3.8, 4) is 0 Å². The molecule has 0 spiro atoms. The van der Waals surface area contributed by atoms with E-state index in [2.05, 4.69) is 5.32 Å². The Bertz CT molecular complexity index is 192. The summed E-state index contributed by atoms with van der Waals surface area (Å²) in [4.78, 5) is 10.4. The molecule has 1 unspecified atom stereocenters. The van der Waals surface area contributed by atoms with Crippen LogP contribution in [0.2, 0.25) is 0 Å². The number of nitrogens with one attached hydrogen (secondary N) is 1. The van der Waals surface area contributed by atoms with Crippen LogP contribution in [0.1, 0.15) is 40.5 Å². The fourth-order valence-corrected chi connectivity index (χ4v) is 1.30. The van der Waals surface area contributed by atoms with Crippen molar-refractivity contribution in [1.29, 1.82) is 0 Å². The Hall–Kier alpha value is -0.610. The Balaban J connectivity index is 3.69.